The molecule has 2 aliphatic heterocycles. The molecule has 4 rings (SSSR count). The Kier molecular flexibility index (Phi) is 8.62. The number of halogens is 1. The zero-order valence-corrected chi connectivity index (χ0v) is 23.4. The van der Waals surface area contributed by atoms with E-state index in [2.05, 4.69) is 10.2 Å². The van der Waals surface area contributed by atoms with E-state index in [1.807, 2.05) is 39.0 Å². The molecule has 1 spiro atoms. The second kappa shape index (κ2) is 11.9. The van der Waals surface area contributed by atoms with Crippen molar-refractivity contribution >= 4 is 23.4 Å². The van der Waals surface area contributed by atoms with Crippen LogP contribution in [-0.4, -0.2) is 72.5 Å². The number of carbonyl (C=O) groups excluding carboxylic acids is 3. The van der Waals surface area contributed by atoms with E-state index >= 15 is 0 Å². The van der Waals surface area contributed by atoms with E-state index in [0.29, 0.717) is 44.8 Å². The highest BCUT2D eigenvalue weighted by molar-refractivity contribution is 5.98. The van der Waals surface area contributed by atoms with Gasteiger partial charge < -0.3 is 24.8 Å². The Hall–Kier alpha value is -4.13. The Bertz CT molecular complexity index is 1300. The number of hydrogen-bond donors (Lipinski definition) is 1. The van der Waals surface area contributed by atoms with Crippen molar-refractivity contribution in [2.24, 2.45) is 5.92 Å². The lowest BCUT2D eigenvalue weighted by atomic mass is 9.85. The summed E-state index contributed by atoms with van der Waals surface area (Å²) in [5.41, 5.74) is 0.821. The molecule has 40 heavy (non-hydrogen) atoms. The number of nitriles is 1. The van der Waals surface area contributed by atoms with Crippen LogP contribution in [0.4, 0.5) is 10.1 Å². The van der Waals surface area contributed by atoms with Crippen LogP contribution < -0.4 is 15.0 Å². The van der Waals surface area contributed by atoms with Gasteiger partial charge in [-0.2, -0.15) is 5.26 Å². The first-order valence-electron chi connectivity index (χ1n) is 13.6. The molecule has 2 aliphatic rings. The number of ether oxygens (including phenoxy) is 1. The first-order chi connectivity index (χ1) is 19.1. The molecule has 212 valence electrons. The van der Waals surface area contributed by atoms with Crippen LogP contribution in [0.25, 0.3) is 0 Å². The van der Waals surface area contributed by atoms with Crippen molar-refractivity contribution in [1.29, 1.82) is 5.26 Å². The Labute approximate surface area is 234 Å². The third kappa shape index (κ3) is 5.60. The predicted octanol–water partition coefficient (Wildman–Crippen LogP) is 3.34. The van der Waals surface area contributed by atoms with Crippen molar-refractivity contribution < 1.29 is 23.5 Å². The number of amides is 3. The zero-order valence-electron chi connectivity index (χ0n) is 23.4. The number of rotatable bonds is 8. The maximum absolute atomic E-state index is 14.4. The molecule has 1 atom stereocenters. The van der Waals surface area contributed by atoms with Crippen LogP contribution in [0.2, 0.25) is 0 Å². The first kappa shape index (κ1) is 28.9. The van der Waals surface area contributed by atoms with Gasteiger partial charge in [0.05, 0.1) is 12.2 Å². The normalized spacial score (nSPS) is 17.2. The highest BCUT2D eigenvalue weighted by Crippen LogP contribution is 2.39. The van der Waals surface area contributed by atoms with Crippen LogP contribution in [0.15, 0.2) is 42.5 Å². The molecule has 2 fully saturated rings. The highest BCUT2D eigenvalue weighted by atomic mass is 19.1. The third-order valence-corrected chi connectivity index (χ3v) is 7.87. The standard InChI is InChI=1S/C30H36FN5O4/c1-5-21-6-11-25(31)24(18-21)27(37)33-26(20(2)3)28(38)35-15-12-30(13-16-35)29(39)34(4)19-36(30)22-7-9-23(10-8-22)40-17-14-32/h6-11,18,20,26H,5,12-13,15-17,19H2,1-4H3,(H,33,37). The average Bonchev–Trinajstić information content (AvgIpc) is 3.20. The van der Waals surface area contributed by atoms with E-state index in [1.54, 1.807) is 35.0 Å². The van der Waals surface area contributed by atoms with Crippen LogP contribution in [-0.2, 0) is 16.0 Å². The van der Waals surface area contributed by atoms with Gasteiger partial charge in [-0.1, -0.05) is 26.8 Å². The minimum absolute atomic E-state index is 0.00407. The van der Waals surface area contributed by atoms with Crippen molar-refractivity contribution in [3.8, 4) is 11.8 Å². The summed E-state index contributed by atoms with van der Waals surface area (Å²) in [5, 5.41) is 11.5. The summed E-state index contributed by atoms with van der Waals surface area (Å²) in [6.07, 6.45) is 1.52. The fraction of sp³-hybridized carbons (Fsp3) is 0.467. The maximum atomic E-state index is 14.4. The Morgan fingerprint density at radius 3 is 2.42 bits per heavy atom. The van der Waals surface area contributed by atoms with Gasteiger partial charge in [-0.05, 0) is 67.1 Å². The molecular weight excluding hydrogens is 513 g/mol. The zero-order chi connectivity index (χ0) is 29.0. The number of nitrogens with one attached hydrogen (secondary N) is 1. The number of benzene rings is 2. The number of piperidine rings is 1. The molecule has 10 heteroatoms. The molecule has 0 aromatic heterocycles. The van der Waals surface area contributed by atoms with Crippen LogP contribution in [0.5, 0.6) is 5.75 Å². The molecule has 3 amide bonds. The van der Waals surface area contributed by atoms with E-state index in [0.717, 1.165) is 11.3 Å². The number of anilines is 1. The fourth-order valence-electron chi connectivity index (χ4n) is 5.53. The quantitative estimate of drug-likeness (QED) is 0.542. The molecule has 0 radical (unpaired) electrons. The monoisotopic (exact) mass is 549 g/mol. The summed E-state index contributed by atoms with van der Waals surface area (Å²) in [5.74, 6) is -1.13. The number of likely N-dealkylation sites (N-methyl/N-ethyl adjacent to an activating group) is 1. The average molecular weight is 550 g/mol. The van der Waals surface area contributed by atoms with Gasteiger partial charge in [0, 0.05) is 25.8 Å². The molecule has 2 saturated heterocycles. The molecule has 9 nitrogen and oxygen atoms in total. The van der Waals surface area contributed by atoms with Crippen molar-refractivity contribution in [2.45, 2.75) is 51.6 Å². The molecule has 1 N–H and O–H groups in total. The number of likely N-dealkylation sites (tertiary alicyclic amines) is 1. The topological polar surface area (TPSA) is 106 Å². The van der Waals surface area contributed by atoms with Crippen molar-refractivity contribution in [1.82, 2.24) is 15.1 Å². The second-order valence-electron chi connectivity index (χ2n) is 10.7. The Morgan fingerprint density at radius 2 is 1.82 bits per heavy atom. The summed E-state index contributed by atoms with van der Waals surface area (Å²) in [6, 6.07) is 12.8. The van der Waals surface area contributed by atoms with Gasteiger partial charge in [-0.15, -0.1) is 0 Å². The summed E-state index contributed by atoms with van der Waals surface area (Å²) in [4.78, 5) is 45.5. The maximum Gasteiger partial charge on any atom is 0.254 e. The molecule has 0 aliphatic carbocycles. The van der Waals surface area contributed by atoms with E-state index in [1.165, 1.54) is 12.1 Å². The SMILES string of the molecule is CCc1ccc(F)c(C(=O)NC(C(=O)N2CCC3(CC2)C(=O)N(C)CN3c2ccc(OCC#N)cc2)C(C)C)c1. The van der Waals surface area contributed by atoms with Crippen molar-refractivity contribution in [3.05, 3.63) is 59.4 Å². The van der Waals surface area contributed by atoms with E-state index in [9.17, 15) is 18.8 Å². The fourth-order valence-corrected chi connectivity index (χ4v) is 5.53. The number of nitrogens with zero attached hydrogens (tertiary/aromatic N) is 4. The van der Waals surface area contributed by atoms with E-state index < -0.39 is 23.3 Å². The van der Waals surface area contributed by atoms with Gasteiger partial charge >= 0.3 is 0 Å². The number of aryl methyl sites for hydroxylation is 1. The summed E-state index contributed by atoms with van der Waals surface area (Å²) in [7, 11) is 1.77. The Balaban J connectivity index is 1.48. The molecule has 1 unspecified atom stereocenters. The van der Waals surface area contributed by atoms with Gasteiger partial charge in [-0.3, -0.25) is 14.4 Å². The van der Waals surface area contributed by atoms with Crippen LogP contribution in [0.3, 0.4) is 0 Å². The van der Waals surface area contributed by atoms with Gasteiger partial charge in [0.1, 0.15) is 29.2 Å². The highest BCUT2D eigenvalue weighted by Gasteiger charge is 2.53. The number of carbonyl (C=O) groups is 3. The first-order valence-corrected chi connectivity index (χ1v) is 13.6. The lowest BCUT2D eigenvalue weighted by molar-refractivity contribution is -0.139. The summed E-state index contributed by atoms with van der Waals surface area (Å²) in [6.45, 7) is 6.66. The number of hydrogen-bond acceptors (Lipinski definition) is 6. The van der Waals surface area contributed by atoms with Crippen molar-refractivity contribution in [2.75, 3.05) is 38.3 Å². The minimum Gasteiger partial charge on any atom is -0.479 e. The van der Waals surface area contributed by atoms with Gasteiger partial charge in [0.25, 0.3) is 5.91 Å². The molecular formula is C30H36FN5O4. The van der Waals surface area contributed by atoms with Gasteiger partial charge in [0.2, 0.25) is 11.8 Å². The van der Waals surface area contributed by atoms with Gasteiger partial charge in [0.15, 0.2) is 6.61 Å². The second-order valence-corrected chi connectivity index (χ2v) is 10.7. The molecule has 0 saturated carbocycles. The van der Waals surface area contributed by atoms with Gasteiger partial charge in [-0.25, -0.2) is 4.39 Å². The van der Waals surface area contributed by atoms with E-state index in [-0.39, 0.29) is 29.9 Å². The van der Waals surface area contributed by atoms with Crippen molar-refractivity contribution in [3.63, 3.8) is 0 Å². The lowest BCUT2D eigenvalue weighted by Crippen LogP contribution is -2.60. The molecule has 2 aromatic rings. The lowest BCUT2D eigenvalue weighted by Gasteiger charge is -2.44. The minimum atomic E-state index is -0.828. The molecule has 2 aromatic carbocycles. The smallest absolute Gasteiger partial charge is 0.254 e. The largest absolute Gasteiger partial charge is 0.479 e. The molecule has 2 heterocycles. The van der Waals surface area contributed by atoms with Crippen LogP contribution in [0.1, 0.15) is 49.5 Å². The predicted molar refractivity (Wildman–Crippen MR) is 148 cm³/mol. The summed E-state index contributed by atoms with van der Waals surface area (Å²) >= 11 is 0. The Morgan fingerprint density at radius 1 is 1.15 bits per heavy atom. The third-order valence-electron chi connectivity index (χ3n) is 7.87. The van der Waals surface area contributed by atoms with Crippen LogP contribution in [0, 0.1) is 23.1 Å². The molecule has 0 bridgehead atoms. The summed E-state index contributed by atoms with van der Waals surface area (Å²) < 4.78 is 19.8. The van der Waals surface area contributed by atoms with Crippen LogP contribution >= 0.6 is 0 Å². The van der Waals surface area contributed by atoms with E-state index in [4.69, 9.17) is 10.00 Å².